The zero-order valence-electron chi connectivity index (χ0n) is 16.8. The van der Waals surface area contributed by atoms with Crippen molar-refractivity contribution < 1.29 is 9.53 Å². The van der Waals surface area contributed by atoms with Crippen LogP contribution in [0.5, 0.6) is 0 Å². The molecule has 4 heterocycles. The number of carbonyl (C=O) groups excluding carboxylic acids is 1. The predicted molar refractivity (Wildman–Crippen MR) is 119 cm³/mol. The van der Waals surface area contributed by atoms with E-state index in [1.54, 1.807) is 6.21 Å². The molecule has 1 fully saturated rings. The molecule has 8 heteroatoms. The summed E-state index contributed by atoms with van der Waals surface area (Å²) in [6.45, 7) is 6.39. The Morgan fingerprint density at radius 1 is 1.10 bits per heavy atom. The Kier molecular flexibility index (Phi) is 6.11. The third kappa shape index (κ3) is 4.08. The number of anilines is 1. The first kappa shape index (κ1) is 20.5. The average Bonchev–Trinajstić information content (AvgIpc) is 3.19. The Hall–Kier alpha value is -2.77. The van der Waals surface area contributed by atoms with Gasteiger partial charge in [-0.3, -0.25) is 9.69 Å². The zero-order chi connectivity index (χ0) is 19.6. The number of halogens is 1. The van der Waals surface area contributed by atoms with Gasteiger partial charge in [0, 0.05) is 63.3 Å². The minimum atomic E-state index is 0. The third-order valence-electron chi connectivity index (χ3n) is 5.74. The Morgan fingerprint density at radius 2 is 1.90 bits per heavy atom. The maximum atomic E-state index is 12.0. The smallest absolute Gasteiger partial charge is 0.188 e. The van der Waals surface area contributed by atoms with Crippen LogP contribution in [0.3, 0.4) is 0 Å². The van der Waals surface area contributed by atoms with E-state index in [0.29, 0.717) is 31.1 Å². The second kappa shape index (κ2) is 8.93. The fraction of sp³-hybridized carbons (Fsp3) is 0.364. The van der Waals surface area contributed by atoms with Gasteiger partial charge in [-0.25, -0.2) is 4.99 Å². The molecule has 0 radical (unpaired) electrons. The van der Waals surface area contributed by atoms with Crippen LogP contribution >= 0.6 is 12.4 Å². The largest absolute Gasteiger partial charge is 0.495 e. The molecule has 30 heavy (non-hydrogen) atoms. The predicted octanol–water partition coefficient (Wildman–Crippen LogP) is 2.10. The molecule has 0 aliphatic carbocycles. The first-order valence-electron chi connectivity index (χ1n) is 10.2. The quantitative estimate of drug-likeness (QED) is 0.776. The summed E-state index contributed by atoms with van der Waals surface area (Å²) in [6, 6.07) is 10.6. The van der Waals surface area contributed by atoms with Crippen LogP contribution in [0, 0.1) is 0 Å². The van der Waals surface area contributed by atoms with Crippen LogP contribution < -0.4 is 10.2 Å². The number of Topliss-reactive ketones (excluding diaryl/α,β-unsaturated/α-hetero) is 1. The summed E-state index contributed by atoms with van der Waals surface area (Å²) in [6.07, 6.45) is 5.92. The average molecular weight is 428 g/mol. The number of para-hydroxylation sites is 1. The van der Waals surface area contributed by atoms with Gasteiger partial charge in [0.2, 0.25) is 0 Å². The summed E-state index contributed by atoms with van der Waals surface area (Å²) >= 11 is 0. The van der Waals surface area contributed by atoms with E-state index >= 15 is 0 Å². The first-order valence-corrected chi connectivity index (χ1v) is 10.2. The van der Waals surface area contributed by atoms with E-state index < -0.39 is 0 Å². The highest BCUT2D eigenvalue weighted by molar-refractivity contribution is 6.05. The van der Waals surface area contributed by atoms with Crippen LogP contribution in [-0.2, 0) is 9.53 Å². The number of rotatable bonds is 5. The van der Waals surface area contributed by atoms with Gasteiger partial charge in [-0.1, -0.05) is 18.2 Å². The molecule has 0 unspecified atom stereocenters. The van der Waals surface area contributed by atoms with Crippen molar-refractivity contribution in [3.8, 4) is 0 Å². The number of hydrogen-bond donors (Lipinski definition) is 1. The highest BCUT2D eigenvalue weighted by Gasteiger charge is 2.31. The van der Waals surface area contributed by atoms with Gasteiger partial charge < -0.3 is 19.9 Å². The molecular formula is C22H26ClN5O2. The fourth-order valence-corrected chi connectivity index (χ4v) is 4.12. The maximum absolute atomic E-state index is 12.0. The van der Waals surface area contributed by atoms with E-state index in [9.17, 15) is 4.79 Å². The molecule has 5 rings (SSSR count). The second-order valence-electron chi connectivity index (χ2n) is 7.56. The summed E-state index contributed by atoms with van der Waals surface area (Å²) in [4.78, 5) is 23.4. The number of nitrogens with one attached hydrogen (secondary N) is 1. The molecule has 0 aromatic heterocycles. The SMILES string of the molecule is Cl.O=C1CC=NC2=C1NC=C1C=C(OCCN3CCN(c4ccccc4)CC3)CN12. The number of ether oxygens (including phenoxy) is 1. The van der Waals surface area contributed by atoms with Crippen LogP contribution in [0.2, 0.25) is 0 Å². The number of ketones is 1. The third-order valence-corrected chi connectivity index (χ3v) is 5.74. The summed E-state index contributed by atoms with van der Waals surface area (Å²) in [5, 5.41) is 3.09. The van der Waals surface area contributed by atoms with Crippen LogP contribution in [-0.4, -0.2) is 67.7 Å². The Morgan fingerprint density at radius 3 is 2.70 bits per heavy atom. The molecule has 1 N–H and O–H groups in total. The Balaban J connectivity index is 0.00000218. The van der Waals surface area contributed by atoms with Crippen molar-refractivity contribution in [1.29, 1.82) is 0 Å². The minimum Gasteiger partial charge on any atom is -0.495 e. The summed E-state index contributed by atoms with van der Waals surface area (Å²) < 4.78 is 6.05. The van der Waals surface area contributed by atoms with Crippen LogP contribution in [0.15, 0.2) is 70.6 Å². The number of benzene rings is 1. The lowest BCUT2D eigenvalue weighted by molar-refractivity contribution is -0.115. The van der Waals surface area contributed by atoms with Crippen molar-refractivity contribution >= 4 is 30.1 Å². The van der Waals surface area contributed by atoms with Crippen molar-refractivity contribution in [2.45, 2.75) is 6.42 Å². The molecule has 1 saturated heterocycles. The van der Waals surface area contributed by atoms with Crippen LogP contribution in [0.1, 0.15) is 6.42 Å². The second-order valence-corrected chi connectivity index (χ2v) is 7.56. The van der Waals surface area contributed by atoms with E-state index in [1.165, 1.54) is 5.69 Å². The molecule has 7 nitrogen and oxygen atoms in total. The van der Waals surface area contributed by atoms with Crippen LogP contribution in [0.25, 0.3) is 0 Å². The van der Waals surface area contributed by atoms with E-state index in [2.05, 4.69) is 50.4 Å². The molecule has 4 aliphatic heterocycles. The van der Waals surface area contributed by atoms with Gasteiger partial charge in [0.15, 0.2) is 11.6 Å². The highest BCUT2D eigenvalue weighted by atomic mass is 35.5. The molecule has 1 aromatic rings. The summed E-state index contributed by atoms with van der Waals surface area (Å²) in [7, 11) is 0. The van der Waals surface area contributed by atoms with Crippen molar-refractivity contribution in [2.24, 2.45) is 4.99 Å². The number of aliphatic imine (C=N–C) groups is 1. The fourth-order valence-electron chi connectivity index (χ4n) is 4.12. The molecular weight excluding hydrogens is 402 g/mol. The zero-order valence-corrected chi connectivity index (χ0v) is 17.6. The number of allylic oxidation sites excluding steroid dienone is 2. The minimum absolute atomic E-state index is 0. The number of nitrogens with zero attached hydrogens (tertiary/aromatic N) is 4. The van der Waals surface area contributed by atoms with Crippen molar-refractivity contribution in [1.82, 2.24) is 15.1 Å². The standard InChI is InChI=1S/C22H25N5O2.ClH/c28-20-6-7-23-22-21(20)24-15-18-14-19(16-27(18)22)29-13-12-25-8-10-26(11-9-25)17-4-2-1-3-5-17;/h1-5,7,14-15,24H,6,8-13,16H2;1H. The molecule has 0 spiro atoms. The van der Waals surface area contributed by atoms with E-state index in [0.717, 1.165) is 44.2 Å². The van der Waals surface area contributed by atoms with Gasteiger partial charge in [-0.2, -0.15) is 0 Å². The van der Waals surface area contributed by atoms with E-state index in [1.807, 2.05) is 17.2 Å². The van der Waals surface area contributed by atoms with Gasteiger partial charge in [0.1, 0.15) is 18.1 Å². The lowest BCUT2D eigenvalue weighted by Gasteiger charge is -2.36. The highest BCUT2D eigenvalue weighted by Crippen LogP contribution is 2.31. The molecule has 158 valence electrons. The number of piperazine rings is 1. The van der Waals surface area contributed by atoms with E-state index in [4.69, 9.17) is 4.74 Å². The van der Waals surface area contributed by atoms with Gasteiger partial charge in [0.05, 0.1) is 12.2 Å². The molecule has 4 aliphatic rings. The molecule has 0 amide bonds. The first-order chi connectivity index (χ1) is 14.3. The summed E-state index contributed by atoms with van der Waals surface area (Å²) in [5.41, 5.74) is 2.87. The van der Waals surface area contributed by atoms with Crippen molar-refractivity contribution in [2.75, 3.05) is 50.8 Å². The monoisotopic (exact) mass is 427 g/mol. The van der Waals surface area contributed by atoms with Crippen LogP contribution in [0.4, 0.5) is 5.69 Å². The lowest BCUT2D eigenvalue weighted by Crippen LogP contribution is -2.47. The maximum Gasteiger partial charge on any atom is 0.188 e. The van der Waals surface area contributed by atoms with Gasteiger partial charge in [-0.05, 0) is 12.1 Å². The molecule has 0 saturated carbocycles. The Bertz CT molecular complexity index is 917. The molecule has 0 atom stereocenters. The lowest BCUT2D eigenvalue weighted by atomic mass is 10.1. The van der Waals surface area contributed by atoms with E-state index in [-0.39, 0.29) is 18.2 Å². The Labute approximate surface area is 182 Å². The van der Waals surface area contributed by atoms with Crippen molar-refractivity contribution in [3.05, 3.63) is 65.6 Å². The van der Waals surface area contributed by atoms with Gasteiger partial charge in [-0.15, -0.1) is 12.4 Å². The molecule has 0 bridgehead atoms. The van der Waals surface area contributed by atoms with Gasteiger partial charge >= 0.3 is 0 Å². The summed E-state index contributed by atoms with van der Waals surface area (Å²) in [5.74, 6) is 1.70. The van der Waals surface area contributed by atoms with Crippen molar-refractivity contribution in [3.63, 3.8) is 0 Å². The number of carbonyl (C=O) groups is 1. The normalized spacial score (nSPS) is 20.7. The number of fused-ring (bicyclic) bond motifs is 2. The number of hydrogen-bond acceptors (Lipinski definition) is 7. The topological polar surface area (TPSA) is 60.4 Å². The van der Waals surface area contributed by atoms with Gasteiger partial charge in [0.25, 0.3) is 0 Å². The molecule has 1 aromatic carbocycles.